The summed E-state index contributed by atoms with van der Waals surface area (Å²) in [6.45, 7) is 1.43. The zero-order valence-corrected chi connectivity index (χ0v) is 15.0. The number of hydrogen-bond donors (Lipinski definition) is 1. The maximum atomic E-state index is 13.3. The smallest absolute Gasteiger partial charge is 0.268 e. The van der Waals surface area contributed by atoms with Crippen LogP contribution in [0.15, 0.2) is 70.8 Å². The van der Waals surface area contributed by atoms with Gasteiger partial charge in [-0.1, -0.05) is 41.6 Å². The molecule has 0 saturated carbocycles. The van der Waals surface area contributed by atoms with Gasteiger partial charge < -0.3 is 5.21 Å². The van der Waals surface area contributed by atoms with Gasteiger partial charge in [0.2, 0.25) is 6.20 Å². The molecular formula is C18H15N3O5S. The highest BCUT2D eigenvalue weighted by atomic mass is 32.2. The van der Waals surface area contributed by atoms with Crippen LogP contribution in [0.3, 0.4) is 0 Å². The Morgan fingerprint density at radius 2 is 1.78 bits per heavy atom. The molecule has 0 spiro atoms. The number of para-hydroxylation sites is 1. The summed E-state index contributed by atoms with van der Waals surface area (Å²) in [6, 6.07) is 14.4. The molecule has 0 fully saturated rings. The maximum absolute atomic E-state index is 13.3. The molecule has 0 aliphatic carbocycles. The summed E-state index contributed by atoms with van der Waals surface area (Å²) in [4.78, 5) is 10.2. The van der Waals surface area contributed by atoms with Crippen molar-refractivity contribution in [2.45, 2.75) is 11.8 Å². The lowest BCUT2D eigenvalue weighted by Crippen LogP contribution is -2.18. The van der Waals surface area contributed by atoms with Gasteiger partial charge in [0.15, 0.2) is 0 Å². The summed E-state index contributed by atoms with van der Waals surface area (Å²) in [7, 11) is -4.05. The average Bonchev–Trinajstić information content (AvgIpc) is 3.01. The molecule has 0 bridgehead atoms. The van der Waals surface area contributed by atoms with Crippen LogP contribution in [0.1, 0.15) is 18.2 Å². The number of hydrogen-bond acceptors (Lipinski definition) is 6. The Kier molecular flexibility index (Phi) is 4.78. The second-order valence-corrected chi connectivity index (χ2v) is 7.44. The van der Waals surface area contributed by atoms with Gasteiger partial charge in [-0.25, -0.2) is 12.4 Å². The van der Waals surface area contributed by atoms with Crippen molar-refractivity contribution < 1.29 is 18.5 Å². The van der Waals surface area contributed by atoms with Crippen LogP contribution in [-0.4, -0.2) is 28.2 Å². The minimum atomic E-state index is -4.05. The highest BCUT2D eigenvalue weighted by Crippen LogP contribution is 2.32. The molecule has 1 aromatic heterocycles. The van der Waals surface area contributed by atoms with Gasteiger partial charge in [-0.2, -0.15) is 0 Å². The Labute approximate surface area is 154 Å². The number of fused-ring (bicyclic) bond motifs is 1. The van der Waals surface area contributed by atoms with Crippen LogP contribution in [-0.2, 0) is 10.0 Å². The normalized spacial score (nSPS) is 12.7. The van der Waals surface area contributed by atoms with Crippen molar-refractivity contribution in [2.75, 3.05) is 0 Å². The van der Waals surface area contributed by atoms with E-state index < -0.39 is 14.9 Å². The molecule has 3 rings (SSSR count). The second-order valence-electron chi connectivity index (χ2n) is 5.65. The third-order valence-corrected chi connectivity index (χ3v) is 5.74. The lowest BCUT2D eigenvalue weighted by molar-refractivity contribution is -0.400. The highest BCUT2D eigenvalue weighted by molar-refractivity contribution is 7.90. The molecule has 0 radical (unpaired) electrons. The zero-order chi connectivity index (χ0) is 19.6. The molecule has 0 saturated heterocycles. The Balaban J connectivity index is 2.48. The summed E-state index contributed by atoms with van der Waals surface area (Å²) >= 11 is 0. The first kappa shape index (κ1) is 18.3. The SMILES string of the molecule is C/C(=N\O)c1c(/C=C/[N+](=O)[O-])c2ccccc2n1S(=O)(=O)c1ccccc1. The highest BCUT2D eigenvalue weighted by Gasteiger charge is 2.27. The third-order valence-electron chi connectivity index (χ3n) is 4.01. The van der Waals surface area contributed by atoms with Gasteiger partial charge >= 0.3 is 0 Å². The fourth-order valence-electron chi connectivity index (χ4n) is 2.88. The molecule has 8 nitrogen and oxygen atoms in total. The molecule has 138 valence electrons. The minimum absolute atomic E-state index is 0.00806. The Morgan fingerprint density at radius 1 is 1.15 bits per heavy atom. The Morgan fingerprint density at radius 3 is 2.41 bits per heavy atom. The summed E-state index contributed by atoms with van der Waals surface area (Å²) < 4.78 is 27.7. The first-order chi connectivity index (χ1) is 12.9. The number of aromatic nitrogens is 1. The Bertz CT molecular complexity index is 1180. The molecule has 27 heavy (non-hydrogen) atoms. The molecule has 0 unspecified atom stereocenters. The molecule has 2 aromatic carbocycles. The first-order valence-electron chi connectivity index (χ1n) is 7.82. The monoisotopic (exact) mass is 385 g/mol. The van der Waals surface area contributed by atoms with Gasteiger partial charge in [0.25, 0.3) is 10.0 Å². The summed E-state index contributed by atoms with van der Waals surface area (Å²) in [5, 5.41) is 23.7. The zero-order valence-electron chi connectivity index (χ0n) is 14.2. The maximum Gasteiger partial charge on any atom is 0.268 e. The van der Waals surface area contributed by atoms with Crippen molar-refractivity contribution in [1.82, 2.24) is 3.97 Å². The fourth-order valence-corrected chi connectivity index (χ4v) is 4.48. The summed E-state index contributed by atoms with van der Waals surface area (Å²) in [5.74, 6) is 0. The van der Waals surface area contributed by atoms with Gasteiger partial charge in [0.1, 0.15) is 5.71 Å². The van der Waals surface area contributed by atoms with Crippen LogP contribution >= 0.6 is 0 Å². The van der Waals surface area contributed by atoms with Gasteiger partial charge in [-0.15, -0.1) is 0 Å². The lowest BCUT2D eigenvalue weighted by Gasteiger charge is -2.12. The molecule has 0 amide bonds. The van der Waals surface area contributed by atoms with E-state index >= 15 is 0 Å². The predicted molar refractivity (Wildman–Crippen MR) is 101 cm³/mol. The van der Waals surface area contributed by atoms with E-state index in [2.05, 4.69) is 5.16 Å². The molecule has 3 aromatic rings. The van der Waals surface area contributed by atoms with Gasteiger partial charge in [-0.3, -0.25) is 10.1 Å². The van der Waals surface area contributed by atoms with Crippen LogP contribution in [0.5, 0.6) is 0 Å². The molecule has 0 atom stereocenters. The van der Waals surface area contributed by atoms with Crippen molar-refractivity contribution in [2.24, 2.45) is 5.16 Å². The van der Waals surface area contributed by atoms with E-state index in [-0.39, 0.29) is 21.9 Å². The van der Waals surface area contributed by atoms with E-state index in [9.17, 15) is 23.7 Å². The van der Waals surface area contributed by atoms with Crippen LogP contribution < -0.4 is 0 Å². The largest absolute Gasteiger partial charge is 0.411 e. The lowest BCUT2D eigenvalue weighted by atomic mass is 10.1. The van der Waals surface area contributed by atoms with Crippen molar-refractivity contribution in [3.05, 3.63) is 82.2 Å². The number of nitrogens with zero attached hydrogens (tertiary/aromatic N) is 3. The van der Waals surface area contributed by atoms with Gasteiger partial charge in [0, 0.05) is 17.0 Å². The molecular weight excluding hydrogens is 370 g/mol. The van der Waals surface area contributed by atoms with Crippen molar-refractivity contribution in [1.29, 1.82) is 0 Å². The predicted octanol–water partition coefficient (Wildman–Crippen LogP) is 3.32. The first-order valence-corrected chi connectivity index (χ1v) is 9.26. The quantitative estimate of drug-likeness (QED) is 0.313. The van der Waals surface area contributed by atoms with E-state index in [1.807, 2.05) is 0 Å². The van der Waals surface area contributed by atoms with E-state index in [4.69, 9.17) is 0 Å². The second kappa shape index (κ2) is 7.04. The number of rotatable bonds is 5. The summed E-state index contributed by atoms with van der Waals surface area (Å²) in [5.41, 5.74) is 0.661. The van der Waals surface area contributed by atoms with E-state index in [1.54, 1.807) is 42.5 Å². The van der Waals surface area contributed by atoms with Gasteiger partial charge in [0.05, 0.1) is 21.0 Å². The van der Waals surface area contributed by atoms with Crippen molar-refractivity contribution >= 4 is 32.7 Å². The number of oxime groups is 1. The standard InChI is InChI=1S/C18H15N3O5S/c1-13(19-22)18-16(11-12-20(23)24)15-9-5-6-10-17(15)21(18)27(25,26)14-7-3-2-4-8-14/h2-12,22H,1H3/b12-11+,19-13+. The molecule has 1 heterocycles. The third kappa shape index (κ3) is 3.20. The minimum Gasteiger partial charge on any atom is -0.411 e. The summed E-state index contributed by atoms with van der Waals surface area (Å²) in [6.07, 6.45) is 1.92. The molecule has 9 heteroatoms. The van der Waals surface area contributed by atoms with Crippen LogP contribution in [0.4, 0.5) is 0 Å². The van der Waals surface area contributed by atoms with Crippen molar-refractivity contribution in [3.8, 4) is 0 Å². The van der Waals surface area contributed by atoms with Crippen molar-refractivity contribution in [3.63, 3.8) is 0 Å². The number of benzene rings is 2. The fraction of sp³-hybridized carbons (Fsp3) is 0.0556. The van der Waals surface area contributed by atoms with E-state index in [0.29, 0.717) is 10.9 Å². The van der Waals surface area contributed by atoms with E-state index in [1.165, 1.54) is 25.1 Å². The van der Waals surface area contributed by atoms with Crippen LogP contribution in [0.2, 0.25) is 0 Å². The van der Waals surface area contributed by atoms with E-state index in [0.717, 1.165) is 10.2 Å². The molecule has 0 aliphatic heterocycles. The molecule has 1 N–H and O–H groups in total. The molecule has 0 aliphatic rings. The van der Waals surface area contributed by atoms with Crippen LogP contribution in [0, 0.1) is 10.1 Å². The Hall–Kier alpha value is -3.46. The van der Waals surface area contributed by atoms with Gasteiger partial charge in [-0.05, 0) is 25.1 Å². The number of nitro groups is 1. The topological polar surface area (TPSA) is 115 Å². The van der Waals surface area contributed by atoms with Crippen LogP contribution in [0.25, 0.3) is 17.0 Å². The average molecular weight is 385 g/mol.